The molecule has 2 aromatic rings. The van der Waals surface area contributed by atoms with Crippen LogP contribution < -0.4 is 5.32 Å². The third kappa shape index (κ3) is 2.55. The van der Waals surface area contributed by atoms with E-state index < -0.39 is 0 Å². The minimum absolute atomic E-state index is 0. The molecule has 0 unspecified atom stereocenters. The van der Waals surface area contributed by atoms with Crippen LogP contribution in [0.5, 0.6) is 0 Å². The smallest absolute Gasteiger partial charge is 0.0705 e. The summed E-state index contributed by atoms with van der Waals surface area (Å²) in [7, 11) is 0. The van der Waals surface area contributed by atoms with E-state index in [4.69, 9.17) is 0 Å². The molecule has 1 fully saturated rings. The van der Waals surface area contributed by atoms with Gasteiger partial charge in [-0.05, 0) is 37.1 Å². The van der Waals surface area contributed by atoms with Gasteiger partial charge in [-0.1, -0.05) is 30.3 Å². The van der Waals surface area contributed by atoms with Gasteiger partial charge in [0.05, 0.1) is 5.69 Å². The predicted molar refractivity (Wildman–Crippen MR) is 76.9 cm³/mol. The highest BCUT2D eigenvalue weighted by atomic mass is 35.5. The van der Waals surface area contributed by atoms with Gasteiger partial charge in [-0.15, -0.1) is 12.4 Å². The Morgan fingerprint density at radius 1 is 1.06 bits per heavy atom. The van der Waals surface area contributed by atoms with Gasteiger partial charge in [0, 0.05) is 17.8 Å². The molecular weight excluding hydrogens is 244 g/mol. The van der Waals surface area contributed by atoms with Gasteiger partial charge in [0.2, 0.25) is 0 Å². The zero-order chi connectivity index (χ0) is 11.5. The molecule has 1 N–H and O–H groups in total. The normalized spacial score (nSPS) is 18.3. The molecular formula is C15H17ClN2. The molecule has 1 aromatic carbocycles. The summed E-state index contributed by atoms with van der Waals surface area (Å²) in [4.78, 5) is 4.45. The Balaban J connectivity index is 0.00000120. The quantitative estimate of drug-likeness (QED) is 0.893. The molecule has 1 atom stereocenters. The van der Waals surface area contributed by atoms with Gasteiger partial charge < -0.3 is 5.32 Å². The highest BCUT2D eigenvalue weighted by molar-refractivity contribution is 5.85. The van der Waals surface area contributed by atoms with Crippen LogP contribution in [0.1, 0.15) is 24.4 Å². The molecule has 0 amide bonds. The van der Waals surface area contributed by atoms with Crippen LogP contribution >= 0.6 is 12.4 Å². The number of benzene rings is 1. The lowest BCUT2D eigenvalue weighted by Gasteiger charge is -2.15. The van der Waals surface area contributed by atoms with E-state index in [1.807, 2.05) is 18.3 Å². The van der Waals surface area contributed by atoms with Crippen LogP contribution in [0.15, 0.2) is 48.7 Å². The Hall–Kier alpha value is -1.38. The maximum absolute atomic E-state index is 4.45. The van der Waals surface area contributed by atoms with Crippen LogP contribution in [0.25, 0.3) is 11.3 Å². The molecule has 0 saturated carbocycles. The minimum Gasteiger partial charge on any atom is -0.310 e. The predicted octanol–water partition coefficient (Wildman–Crippen LogP) is 3.59. The van der Waals surface area contributed by atoms with Crippen molar-refractivity contribution in [3.63, 3.8) is 0 Å². The number of rotatable bonds is 2. The van der Waals surface area contributed by atoms with Crippen molar-refractivity contribution in [3.8, 4) is 11.3 Å². The van der Waals surface area contributed by atoms with Gasteiger partial charge in [0.1, 0.15) is 0 Å². The van der Waals surface area contributed by atoms with Crippen molar-refractivity contribution < 1.29 is 0 Å². The first-order valence-electron chi connectivity index (χ1n) is 6.19. The number of pyridine rings is 1. The molecule has 1 aromatic heterocycles. The Bertz CT molecular complexity index is 493. The fourth-order valence-corrected chi connectivity index (χ4v) is 2.51. The molecule has 0 spiro atoms. The van der Waals surface area contributed by atoms with Crippen LogP contribution in [0.2, 0.25) is 0 Å². The molecule has 2 nitrogen and oxygen atoms in total. The molecule has 0 aliphatic carbocycles. The first-order valence-corrected chi connectivity index (χ1v) is 6.19. The third-order valence-corrected chi connectivity index (χ3v) is 3.34. The van der Waals surface area contributed by atoms with E-state index in [9.17, 15) is 0 Å². The lowest BCUT2D eigenvalue weighted by molar-refractivity contribution is 0.649. The monoisotopic (exact) mass is 260 g/mol. The summed E-state index contributed by atoms with van der Waals surface area (Å²) in [5.74, 6) is 0. The van der Waals surface area contributed by atoms with Gasteiger partial charge >= 0.3 is 0 Å². The average Bonchev–Trinajstić information content (AvgIpc) is 2.94. The third-order valence-electron chi connectivity index (χ3n) is 3.34. The highest BCUT2D eigenvalue weighted by Gasteiger charge is 2.19. The number of halogens is 1. The highest BCUT2D eigenvalue weighted by Crippen LogP contribution is 2.31. The largest absolute Gasteiger partial charge is 0.310 e. The summed E-state index contributed by atoms with van der Waals surface area (Å²) in [5.41, 5.74) is 3.70. The number of hydrogen-bond donors (Lipinski definition) is 1. The summed E-state index contributed by atoms with van der Waals surface area (Å²) in [6.07, 6.45) is 4.35. The van der Waals surface area contributed by atoms with Crippen molar-refractivity contribution in [1.29, 1.82) is 0 Å². The molecule has 3 rings (SSSR count). The van der Waals surface area contributed by atoms with E-state index in [0.29, 0.717) is 6.04 Å². The second kappa shape index (κ2) is 5.98. The molecule has 3 heteroatoms. The van der Waals surface area contributed by atoms with E-state index in [1.54, 1.807) is 0 Å². The van der Waals surface area contributed by atoms with Crippen molar-refractivity contribution in [2.75, 3.05) is 6.54 Å². The van der Waals surface area contributed by atoms with E-state index >= 15 is 0 Å². The molecule has 1 saturated heterocycles. The first kappa shape index (κ1) is 13.1. The molecule has 2 heterocycles. The fraction of sp³-hybridized carbons (Fsp3) is 0.267. The lowest BCUT2D eigenvalue weighted by Crippen LogP contribution is -2.13. The zero-order valence-corrected chi connectivity index (χ0v) is 11.0. The van der Waals surface area contributed by atoms with Gasteiger partial charge in [-0.2, -0.15) is 0 Å². The van der Waals surface area contributed by atoms with E-state index in [0.717, 1.165) is 12.2 Å². The minimum atomic E-state index is 0. The maximum Gasteiger partial charge on any atom is 0.0705 e. The molecule has 18 heavy (non-hydrogen) atoms. The van der Waals surface area contributed by atoms with Crippen molar-refractivity contribution in [2.45, 2.75) is 18.9 Å². The van der Waals surface area contributed by atoms with Crippen LogP contribution in [-0.4, -0.2) is 11.5 Å². The Morgan fingerprint density at radius 2 is 1.89 bits per heavy atom. The number of aromatic nitrogens is 1. The molecule has 94 valence electrons. The topological polar surface area (TPSA) is 24.9 Å². The fourth-order valence-electron chi connectivity index (χ4n) is 2.51. The molecule has 0 bridgehead atoms. The standard InChI is InChI=1S/C15H16N2.ClH/c1-2-7-13(15-9-5-11-17-15)12(6-1)14-8-3-4-10-16-14;/h1-4,6-8,10,15,17H,5,9,11H2;1H/t15-;/m0./s1. The van der Waals surface area contributed by atoms with Crippen LogP contribution in [0, 0.1) is 0 Å². The molecule has 0 radical (unpaired) electrons. The van der Waals surface area contributed by atoms with Crippen LogP contribution in [0.4, 0.5) is 0 Å². The van der Waals surface area contributed by atoms with Gasteiger partial charge in [-0.3, -0.25) is 4.98 Å². The number of nitrogens with one attached hydrogen (secondary N) is 1. The maximum atomic E-state index is 4.45. The van der Waals surface area contributed by atoms with Crippen LogP contribution in [-0.2, 0) is 0 Å². The van der Waals surface area contributed by atoms with Crippen molar-refractivity contribution >= 4 is 12.4 Å². The van der Waals surface area contributed by atoms with E-state index in [2.05, 4.69) is 40.6 Å². The van der Waals surface area contributed by atoms with E-state index in [1.165, 1.54) is 24.0 Å². The first-order chi connectivity index (χ1) is 8.45. The lowest BCUT2D eigenvalue weighted by atomic mass is 9.97. The van der Waals surface area contributed by atoms with Gasteiger partial charge in [0.25, 0.3) is 0 Å². The summed E-state index contributed by atoms with van der Waals surface area (Å²) in [6, 6.07) is 15.2. The average molecular weight is 261 g/mol. The Morgan fingerprint density at radius 3 is 2.61 bits per heavy atom. The summed E-state index contributed by atoms with van der Waals surface area (Å²) in [5, 5.41) is 3.56. The van der Waals surface area contributed by atoms with Crippen molar-refractivity contribution in [2.24, 2.45) is 0 Å². The number of nitrogens with zero attached hydrogens (tertiary/aromatic N) is 1. The number of hydrogen-bond acceptors (Lipinski definition) is 2. The summed E-state index contributed by atoms with van der Waals surface area (Å²) in [6.45, 7) is 1.13. The zero-order valence-electron chi connectivity index (χ0n) is 10.2. The summed E-state index contributed by atoms with van der Waals surface area (Å²) >= 11 is 0. The van der Waals surface area contributed by atoms with Crippen molar-refractivity contribution in [1.82, 2.24) is 10.3 Å². The summed E-state index contributed by atoms with van der Waals surface area (Å²) < 4.78 is 0. The Labute approximate surface area is 114 Å². The Kier molecular flexibility index (Phi) is 4.34. The van der Waals surface area contributed by atoms with E-state index in [-0.39, 0.29) is 12.4 Å². The second-order valence-corrected chi connectivity index (χ2v) is 4.45. The SMILES string of the molecule is Cl.c1ccc(-c2ccccc2[C@@H]2CCCN2)nc1. The second-order valence-electron chi connectivity index (χ2n) is 4.45. The molecule has 1 aliphatic rings. The van der Waals surface area contributed by atoms with Gasteiger partial charge in [-0.25, -0.2) is 0 Å². The van der Waals surface area contributed by atoms with Crippen LogP contribution in [0.3, 0.4) is 0 Å². The van der Waals surface area contributed by atoms with Gasteiger partial charge in [0.15, 0.2) is 0 Å². The van der Waals surface area contributed by atoms with Crippen molar-refractivity contribution in [3.05, 3.63) is 54.2 Å². The molecule has 1 aliphatic heterocycles.